The van der Waals surface area contributed by atoms with Crippen molar-refractivity contribution in [1.29, 1.82) is 0 Å². The maximum absolute atomic E-state index is 12.7. The van der Waals surface area contributed by atoms with Gasteiger partial charge in [0.2, 0.25) is 0 Å². The third-order valence-corrected chi connectivity index (χ3v) is 5.25. The summed E-state index contributed by atoms with van der Waals surface area (Å²) in [5.74, 6) is 0.799. The number of fused-ring (bicyclic) bond motifs is 1. The zero-order valence-electron chi connectivity index (χ0n) is 12.8. The maximum Gasteiger partial charge on any atom is 0.131 e. The highest BCUT2D eigenvalue weighted by molar-refractivity contribution is 7.20. The zero-order chi connectivity index (χ0) is 16.4. The van der Waals surface area contributed by atoms with Crippen molar-refractivity contribution in [3.8, 4) is 0 Å². The van der Waals surface area contributed by atoms with Crippen LogP contribution in [0.4, 0.5) is 10.1 Å². The van der Waals surface area contributed by atoms with Gasteiger partial charge in [0.15, 0.2) is 0 Å². The average molecular weight is 447 g/mol. The molecule has 0 unspecified atom stereocenters. The fourth-order valence-corrected chi connectivity index (χ4v) is 4.00. The average Bonchev–Trinajstić information content (AvgIpc) is 3.15. The van der Waals surface area contributed by atoms with Gasteiger partial charge in [0, 0.05) is 23.4 Å². The fourth-order valence-electron chi connectivity index (χ4n) is 2.20. The number of alkyl halides is 1. The number of furan rings is 1. The number of halogens is 5. The molecule has 0 fully saturated rings. The standard InChI is InChI=1S/C15H14Cl2FN3OS.2ClH/c16-12-5-10(20-7-9-2-1-3-22-9)15-14(21-12)13(17)11(23-15)4-8(19)6-18;;/h1-3,5,8H,4,6-7,19H2,(H,20,21);2*1H/t8-;;/m1../s1. The molecule has 25 heavy (non-hydrogen) atoms. The van der Waals surface area contributed by atoms with Crippen LogP contribution in [-0.2, 0) is 13.0 Å². The van der Waals surface area contributed by atoms with Crippen molar-refractivity contribution >= 4 is 75.3 Å². The Bertz CT molecular complexity index is 813. The summed E-state index contributed by atoms with van der Waals surface area (Å²) >= 11 is 13.9. The molecule has 3 N–H and O–H groups in total. The molecule has 3 rings (SSSR count). The Morgan fingerprint density at radius 3 is 2.76 bits per heavy atom. The van der Waals surface area contributed by atoms with Crippen molar-refractivity contribution in [3.63, 3.8) is 0 Å². The Balaban J connectivity index is 0.00000156. The van der Waals surface area contributed by atoms with Gasteiger partial charge in [-0.15, -0.1) is 36.2 Å². The largest absolute Gasteiger partial charge is 0.467 e. The summed E-state index contributed by atoms with van der Waals surface area (Å²) in [4.78, 5) is 5.09. The number of anilines is 1. The first kappa shape index (κ1) is 22.3. The molecule has 0 saturated heterocycles. The number of hydrogen-bond donors (Lipinski definition) is 2. The maximum atomic E-state index is 12.7. The van der Waals surface area contributed by atoms with Gasteiger partial charge >= 0.3 is 0 Å². The first-order valence-electron chi connectivity index (χ1n) is 6.93. The molecule has 0 bridgehead atoms. The third kappa shape index (κ3) is 5.12. The number of pyridine rings is 1. The SMILES string of the molecule is Cl.Cl.N[C@@H](CF)Cc1sc2c(NCc3ccco3)cc(Cl)nc2c1Cl. The van der Waals surface area contributed by atoms with Crippen molar-refractivity contribution < 1.29 is 8.81 Å². The van der Waals surface area contributed by atoms with Crippen molar-refractivity contribution in [3.05, 3.63) is 45.3 Å². The van der Waals surface area contributed by atoms with E-state index >= 15 is 0 Å². The Hall–Kier alpha value is -0.760. The lowest BCUT2D eigenvalue weighted by Crippen LogP contribution is -2.24. The minimum absolute atomic E-state index is 0. The Kier molecular flexibility index (Phi) is 8.74. The quantitative estimate of drug-likeness (QED) is 0.491. The summed E-state index contributed by atoms with van der Waals surface area (Å²) in [6.07, 6.45) is 1.98. The van der Waals surface area contributed by atoms with Gasteiger partial charge in [0.1, 0.15) is 23.1 Å². The highest BCUT2D eigenvalue weighted by Gasteiger charge is 2.18. The second kappa shape index (κ2) is 9.80. The molecule has 0 amide bonds. The third-order valence-electron chi connectivity index (χ3n) is 3.30. The summed E-state index contributed by atoms with van der Waals surface area (Å²) in [5.41, 5.74) is 7.10. The molecule has 4 nitrogen and oxygen atoms in total. The minimum atomic E-state index is -0.595. The molecule has 0 radical (unpaired) electrons. The molecular weight excluding hydrogens is 431 g/mol. The predicted octanol–water partition coefficient (Wildman–Crippen LogP) is 5.49. The van der Waals surface area contributed by atoms with Crippen molar-refractivity contribution in [2.45, 2.75) is 19.0 Å². The number of nitrogens with one attached hydrogen (secondary N) is 1. The number of aromatic nitrogens is 1. The fraction of sp³-hybridized carbons (Fsp3) is 0.267. The van der Waals surface area contributed by atoms with Crippen LogP contribution in [0.2, 0.25) is 10.2 Å². The van der Waals surface area contributed by atoms with Gasteiger partial charge in [-0.05, 0) is 12.1 Å². The lowest BCUT2D eigenvalue weighted by atomic mass is 10.2. The predicted molar refractivity (Wildman–Crippen MR) is 108 cm³/mol. The van der Waals surface area contributed by atoms with Crippen molar-refractivity contribution in [1.82, 2.24) is 4.98 Å². The molecule has 1 atom stereocenters. The molecule has 3 aromatic rings. The van der Waals surface area contributed by atoms with Crippen LogP contribution in [0.25, 0.3) is 10.2 Å². The lowest BCUT2D eigenvalue weighted by molar-refractivity contribution is 0.428. The molecule has 0 aliphatic heterocycles. The first-order valence-corrected chi connectivity index (χ1v) is 8.51. The number of thiophene rings is 1. The van der Waals surface area contributed by atoms with E-state index in [1.165, 1.54) is 11.3 Å². The lowest BCUT2D eigenvalue weighted by Gasteiger charge is -2.06. The molecule has 0 aliphatic carbocycles. The second-order valence-electron chi connectivity index (χ2n) is 5.06. The van der Waals surface area contributed by atoms with Crippen LogP contribution in [0, 0.1) is 0 Å². The number of hydrogen-bond acceptors (Lipinski definition) is 5. The molecule has 0 aliphatic rings. The van der Waals surface area contributed by atoms with Gasteiger partial charge in [-0.1, -0.05) is 23.2 Å². The van der Waals surface area contributed by atoms with E-state index in [9.17, 15) is 4.39 Å². The smallest absolute Gasteiger partial charge is 0.131 e. The van der Waals surface area contributed by atoms with Crippen LogP contribution in [0.3, 0.4) is 0 Å². The minimum Gasteiger partial charge on any atom is -0.467 e. The van der Waals surface area contributed by atoms with Crippen LogP contribution in [-0.4, -0.2) is 17.7 Å². The zero-order valence-corrected chi connectivity index (χ0v) is 16.8. The van der Waals surface area contributed by atoms with E-state index in [1.807, 2.05) is 12.1 Å². The molecular formula is C15H16Cl4FN3OS. The Labute approximate surface area is 170 Å². The molecule has 138 valence electrons. The van der Waals surface area contributed by atoms with E-state index in [0.717, 1.165) is 21.0 Å². The number of nitrogens with two attached hydrogens (primary N) is 1. The molecule has 3 heterocycles. The molecule has 0 aromatic carbocycles. The van der Waals surface area contributed by atoms with Crippen LogP contribution in [0.1, 0.15) is 10.6 Å². The molecule has 3 aromatic heterocycles. The van der Waals surface area contributed by atoms with E-state index < -0.39 is 12.7 Å². The Morgan fingerprint density at radius 2 is 2.12 bits per heavy atom. The second-order valence-corrected chi connectivity index (χ2v) is 6.93. The van der Waals surface area contributed by atoms with Crippen LogP contribution in [0.5, 0.6) is 0 Å². The summed E-state index contributed by atoms with van der Waals surface area (Å²) in [6.45, 7) is -0.0837. The first-order chi connectivity index (χ1) is 11.1. The van der Waals surface area contributed by atoms with E-state index in [-0.39, 0.29) is 24.8 Å². The number of rotatable bonds is 6. The van der Waals surface area contributed by atoms with Crippen LogP contribution in [0.15, 0.2) is 28.9 Å². The summed E-state index contributed by atoms with van der Waals surface area (Å²) in [7, 11) is 0. The highest BCUT2D eigenvalue weighted by atomic mass is 35.5. The molecule has 10 heteroatoms. The summed E-state index contributed by atoms with van der Waals surface area (Å²) in [6, 6.07) is 4.86. The normalized spacial score (nSPS) is 11.7. The van der Waals surface area contributed by atoms with E-state index in [1.54, 1.807) is 12.3 Å². The van der Waals surface area contributed by atoms with Crippen LogP contribution >= 0.6 is 59.4 Å². The van der Waals surface area contributed by atoms with E-state index in [2.05, 4.69) is 10.3 Å². The van der Waals surface area contributed by atoms with Gasteiger partial charge < -0.3 is 15.5 Å². The summed E-state index contributed by atoms with van der Waals surface area (Å²) < 4.78 is 18.8. The van der Waals surface area contributed by atoms with E-state index in [4.69, 9.17) is 33.4 Å². The molecule has 0 saturated carbocycles. The van der Waals surface area contributed by atoms with E-state index in [0.29, 0.717) is 28.7 Å². The highest BCUT2D eigenvalue weighted by Crippen LogP contribution is 2.40. The monoisotopic (exact) mass is 445 g/mol. The van der Waals surface area contributed by atoms with Crippen molar-refractivity contribution in [2.24, 2.45) is 5.73 Å². The van der Waals surface area contributed by atoms with Crippen LogP contribution < -0.4 is 11.1 Å². The van der Waals surface area contributed by atoms with Gasteiger partial charge in [-0.3, -0.25) is 0 Å². The van der Waals surface area contributed by atoms with Gasteiger partial charge in [-0.25, -0.2) is 9.37 Å². The van der Waals surface area contributed by atoms with Gasteiger partial charge in [-0.2, -0.15) is 0 Å². The number of nitrogens with zero attached hydrogens (tertiary/aromatic N) is 1. The Morgan fingerprint density at radius 1 is 1.36 bits per heavy atom. The topological polar surface area (TPSA) is 64.1 Å². The summed E-state index contributed by atoms with van der Waals surface area (Å²) in [5, 5.41) is 4.08. The van der Waals surface area contributed by atoms with Gasteiger partial charge in [0.05, 0.1) is 28.2 Å². The van der Waals surface area contributed by atoms with Crippen molar-refractivity contribution in [2.75, 3.05) is 12.0 Å². The molecule has 0 spiro atoms. The van der Waals surface area contributed by atoms with Gasteiger partial charge in [0.25, 0.3) is 0 Å².